The van der Waals surface area contributed by atoms with Gasteiger partial charge < -0.3 is 10.2 Å². The molecular formula is C21H27N3O2S2. The van der Waals surface area contributed by atoms with Crippen molar-refractivity contribution in [2.45, 2.75) is 51.4 Å². The fourth-order valence-corrected chi connectivity index (χ4v) is 5.65. The van der Waals surface area contributed by atoms with Gasteiger partial charge in [0.05, 0.1) is 15.6 Å². The Morgan fingerprint density at radius 2 is 2.00 bits per heavy atom. The van der Waals surface area contributed by atoms with E-state index in [0.717, 1.165) is 55.8 Å². The van der Waals surface area contributed by atoms with Crippen molar-refractivity contribution in [2.24, 2.45) is 5.92 Å². The molecule has 4 rings (SSSR count). The zero-order chi connectivity index (χ0) is 19.5. The normalized spacial score (nSPS) is 18.1. The van der Waals surface area contributed by atoms with Gasteiger partial charge >= 0.3 is 0 Å². The summed E-state index contributed by atoms with van der Waals surface area (Å²) < 4.78 is 0. The van der Waals surface area contributed by atoms with Crippen molar-refractivity contribution in [1.29, 1.82) is 0 Å². The Hall–Kier alpha value is -1.73. The highest BCUT2D eigenvalue weighted by Crippen LogP contribution is 2.31. The van der Waals surface area contributed by atoms with Gasteiger partial charge in [0, 0.05) is 48.1 Å². The molecule has 28 heavy (non-hydrogen) atoms. The molecule has 0 spiro atoms. The number of thiazole rings is 1. The van der Waals surface area contributed by atoms with Crippen molar-refractivity contribution < 1.29 is 9.59 Å². The quantitative estimate of drug-likeness (QED) is 0.773. The van der Waals surface area contributed by atoms with E-state index in [1.165, 1.54) is 16.3 Å². The van der Waals surface area contributed by atoms with Crippen molar-refractivity contribution in [1.82, 2.24) is 15.2 Å². The van der Waals surface area contributed by atoms with Gasteiger partial charge in [0.2, 0.25) is 5.91 Å². The van der Waals surface area contributed by atoms with Crippen LogP contribution in [0.4, 0.5) is 0 Å². The molecule has 1 saturated carbocycles. The molecule has 1 aliphatic heterocycles. The van der Waals surface area contributed by atoms with Crippen LogP contribution in [0.5, 0.6) is 0 Å². The predicted molar refractivity (Wildman–Crippen MR) is 113 cm³/mol. The number of carbonyl (C=O) groups is 2. The van der Waals surface area contributed by atoms with Crippen molar-refractivity contribution in [3.8, 4) is 0 Å². The number of thiophene rings is 1. The molecule has 5 nitrogen and oxygen atoms in total. The summed E-state index contributed by atoms with van der Waals surface area (Å²) in [6.07, 6.45) is 6.01. The smallest absolute Gasteiger partial charge is 0.263 e. The lowest BCUT2D eigenvalue weighted by Crippen LogP contribution is -2.37. The Kier molecular flexibility index (Phi) is 6.11. The van der Waals surface area contributed by atoms with Crippen molar-refractivity contribution in [2.75, 3.05) is 19.6 Å². The lowest BCUT2D eigenvalue weighted by Gasteiger charge is -2.30. The Labute approximate surface area is 174 Å². The van der Waals surface area contributed by atoms with Gasteiger partial charge in [-0.3, -0.25) is 9.59 Å². The van der Waals surface area contributed by atoms with Crippen LogP contribution in [0.3, 0.4) is 0 Å². The third-order valence-corrected chi connectivity index (χ3v) is 7.85. The topological polar surface area (TPSA) is 62.3 Å². The molecular weight excluding hydrogens is 390 g/mol. The van der Waals surface area contributed by atoms with E-state index in [4.69, 9.17) is 4.98 Å². The van der Waals surface area contributed by atoms with Crippen LogP contribution < -0.4 is 5.32 Å². The van der Waals surface area contributed by atoms with Gasteiger partial charge in [-0.15, -0.1) is 22.7 Å². The molecule has 2 amide bonds. The number of aromatic nitrogens is 1. The summed E-state index contributed by atoms with van der Waals surface area (Å²) in [7, 11) is 0. The maximum atomic E-state index is 12.6. The summed E-state index contributed by atoms with van der Waals surface area (Å²) in [6.45, 7) is 4.30. The molecule has 0 atom stereocenters. The molecule has 7 heteroatoms. The largest absolute Gasteiger partial charge is 0.355 e. The van der Waals surface area contributed by atoms with Crippen molar-refractivity contribution in [3.63, 3.8) is 0 Å². The monoisotopic (exact) mass is 417 g/mol. The molecule has 3 heterocycles. The Balaban J connectivity index is 1.23. The fourth-order valence-electron chi connectivity index (χ4n) is 3.79. The summed E-state index contributed by atoms with van der Waals surface area (Å²) in [6, 6.07) is 3.95. The minimum absolute atomic E-state index is 0.165. The van der Waals surface area contributed by atoms with E-state index in [1.54, 1.807) is 22.7 Å². The SMILES string of the molecule is Cc1ccc(C(=O)N2CCC(c3nc(CCNC(=O)C4CCC4)cs3)CC2)s1. The van der Waals surface area contributed by atoms with Gasteiger partial charge in [0.1, 0.15) is 0 Å². The summed E-state index contributed by atoms with van der Waals surface area (Å²) in [4.78, 5) is 33.3. The second kappa shape index (κ2) is 8.74. The molecule has 2 aromatic rings. The molecule has 0 radical (unpaired) electrons. The van der Waals surface area contributed by atoms with Gasteiger partial charge in [-0.2, -0.15) is 0 Å². The number of rotatable bonds is 6. The Bertz CT molecular complexity index is 832. The number of nitrogens with one attached hydrogen (secondary N) is 1. The maximum Gasteiger partial charge on any atom is 0.263 e. The van der Waals surface area contributed by atoms with E-state index in [-0.39, 0.29) is 17.7 Å². The van der Waals surface area contributed by atoms with Crippen LogP contribution in [0.25, 0.3) is 0 Å². The zero-order valence-electron chi connectivity index (χ0n) is 16.3. The second-order valence-corrected chi connectivity index (χ2v) is 10.0. The first-order valence-electron chi connectivity index (χ1n) is 10.2. The predicted octanol–water partition coefficient (Wildman–Crippen LogP) is 3.99. The lowest BCUT2D eigenvalue weighted by molar-refractivity contribution is -0.127. The van der Waals surface area contributed by atoms with Crippen molar-refractivity contribution in [3.05, 3.63) is 38.0 Å². The Morgan fingerprint density at radius 1 is 1.21 bits per heavy atom. The molecule has 2 aliphatic rings. The maximum absolute atomic E-state index is 12.6. The summed E-state index contributed by atoms with van der Waals surface area (Å²) in [5, 5.41) is 6.34. The molecule has 1 aliphatic carbocycles. The third kappa shape index (κ3) is 4.46. The van der Waals surface area contributed by atoms with Crippen LogP contribution in [0.1, 0.15) is 63.3 Å². The number of carbonyl (C=O) groups excluding carboxylic acids is 2. The zero-order valence-corrected chi connectivity index (χ0v) is 17.9. The van der Waals surface area contributed by atoms with E-state index in [2.05, 4.69) is 10.7 Å². The first-order valence-corrected chi connectivity index (χ1v) is 11.9. The number of nitrogens with zero attached hydrogens (tertiary/aromatic N) is 2. The van der Waals surface area contributed by atoms with E-state index in [1.807, 2.05) is 24.0 Å². The average Bonchev–Trinajstić information content (AvgIpc) is 3.29. The Morgan fingerprint density at radius 3 is 2.64 bits per heavy atom. The summed E-state index contributed by atoms with van der Waals surface area (Å²) >= 11 is 3.30. The molecule has 2 fully saturated rings. The average molecular weight is 418 g/mol. The van der Waals surface area contributed by atoms with Crippen molar-refractivity contribution >= 4 is 34.5 Å². The van der Waals surface area contributed by atoms with Crippen LogP contribution >= 0.6 is 22.7 Å². The standard InChI is InChI=1S/C21H27N3O2S2/c1-14-5-6-18(28-14)21(26)24-11-8-16(9-12-24)20-23-17(13-27-20)7-10-22-19(25)15-3-2-4-15/h5-6,13,15-16H,2-4,7-12H2,1H3,(H,22,25). The summed E-state index contributed by atoms with van der Waals surface area (Å²) in [5.74, 6) is 1.06. The number of piperidine rings is 1. The van der Waals surface area contributed by atoms with E-state index >= 15 is 0 Å². The van der Waals surface area contributed by atoms with Crippen LogP contribution in [-0.4, -0.2) is 41.3 Å². The number of hydrogen-bond donors (Lipinski definition) is 1. The molecule has 1 N–H and O–H groups in total. The van der Waals surface area contributed by atoms with Gasteiger partial charge in [-0.25, -0.2) is 4.98 Å². The third-order valence-electron chi connectivity index (χ3n) is 5.81. The van der Waals surface area contributed by atoms with Crippen LogP contribution in [-0.2, 0) is 11.2 Å². The number of likely N-dealkylation sites (tertiary alicyclic amines) is 1. The number of aryl methyl sites for hydroxylation is 1. The van der Waals surface area contributed by atoms with E-state index in [0.29, 0.717) is 12.5 Å². The number of amides is 2. The highest BCUT2D eigenvalue weighted by atomic mass is 32.1. The lowest BCUT2D eigenvalue weighted by atomic mass is 9.85. The first kappa shape index (κ1) is 19.6. The number of hydrogen-bond acceptors (Lipinski definition) is 5. The first-order chi connectivity index (χ1) is 13.6. The van der Waals surface area contributed by atoms with Gasteiger partial charge in [-0.05, 0) is 44.7 Å². The second-order valence-electron chi connectivity index (χ2n) is 7.82. The van der Waals surface area contributed by atoms with E-state index < -0.39 is 0 Å². The molecule has 2 aromatic heterocycles. The molecule has 150 valence electrons. The summed E-state index contributed by atoms with van der Waals surface area (Å²) in [5.41, 5.74) is 1.07. The van der Waals surface area contributed by atoms with Gasteiger partial charge in [0.25, 0.3) is 5.91 Å². The molecule has 0 aromatic carbocycles. The highest BCUT2D eigenvalue weighted by Gasteiger charge is 2.27. The van der Waals surface area contributed by atoms with Crippen LogP contribution in [0.2, 0.25) is 0 Å². The molecule has 0 bridgehead atoms. The minimum atomic E-state index is 0.165. The van der Waals surface area contributed by atoms with Gasteiger partial charge in [0.15, 0.2) is 0 Å². The van der Waals surface area contributed by atoms with Crippen LogP contribution in [0, 0.1) is 12.8 Å². The minimum Gasteiger partial charge on any atom is -0.355 e. The van der Waals surface area contributed by atoms with E-state index in [9.17, 15) is 9.59 Å². The molecule has 0 unspecified atom stereocenters. The van der Waals surface area contributed by atoms with Crippen LogP contribution in [0.15, 0.2) is 17.5 Å². The fraction of sp³-hybridized carbons (Fsp3) is 0.571. The van der Waals surface area contributed by atoms with Gasteiger partial charge in [-0.1, -0.05) is 6.42 Å². The highest BCUT2D eigenvalue weighted by molar-refractivity contribution is 7.13. The molecule has 1 saturated heterocycles.